The SMILES string of the molecule is O=C1/C(=C/c2ccc(O)cc2)S/C(=N\c2ccccc2)N1Cc1ccco1. The van der Waals surface area contributed by atoms with Crippen LogP contribution in [0.25, 0.3) is 6.08 Å². The molecular formula is C21H16N2O3S. The average molecular weight is 376 g/mol. The van der Waals surface area contributed by atoms with E-state index in [4.69, 9.17) is 4.42 Å². The molecule has 134 valence electrons. The second kappa shape index (κ2) is 7.55. The molecule has 0 radical (unpaired) electrons. The maximum atomic E-state index is 13.0. The van der Waals surface area contributed by atoms with E-state index < -0.39 is 0 Å². The number of thioether (sulfide) groups is 1. The summed E-state index contributed by atoms with van der Waals surface area (Å²) in [6.45, 7) is 0.317. The second-order valence-electron chi connectivity index (χ2n) is 5.90. The Morgan fingerprint density at radius 2 is 1.81 bits per heavy atom. The van der Waals surface area contributed by atoms with Gasteiger partial charge in [0, 0.05) is 0 Å². The molecule has 0 bridgehead atoms. The number of hydrogen-bond acceptors (Lipinski definition) is 5. The molecule has 3 aromatic rings. The highest BCUT2D eigenvalue weighted by molar-refractivity contribution is 8.18. The van der Waals surface area contributed by atoms with Gasteiger partial charge in [0.2, 0.25) is 0 Å². The Labute approximate surface area is 160 Å². The fraction of sp³-hybridized carbons (Fsp3) is 0.0476. The predicted molar refractivity (Wildman–Crippen MR) is 106 cm³/mol. The van der Waals surface area contributed by atoms with Crippen LogP contribution in [0.4, 0.5) is 5.69 Å². The van der Waals surface area contributed by atoms with Gasteiger partial charge >= 0.3 is 0 Å². The van der Waals surface area contributed by atoms with E-state index in [1.807, 2.05) is 36.4 Å². The monoisotopic (exact) mass is 376 g/mol. The van der Waals surface area contributed by atoms with Crippen molar-refractivity contribution in [2.75, 3.05) is 0 Å². The van der Waals surface area contributed by atoms with E-state index in [-0.39, 0.29) is 11.7 Å². The minimum atomic E-state index is -0.126. The Morgan fingerprint density at radius 3 is 2.52 bits per heavy atom. The number of benzene rings is 2. The van der Waals surface area contributed by atoms with E-state index in [0.29, 0.717) is 22.4 Å². The lowest BCUT2D eigenvalue weighted by molar-refractivity contribution is -0.122. The Balaban J connectivity index is 1.68. The van der Waals surface area contributed by atoms with Gasteiger partial charge < -0.3 is 9.52 Å². The van der Waals surface area contributed by atoms with Crippen molar-refractivity contribution in [3.63, 3.8) is 0 Å². The predicted octanol–water partition coefficient (Wildman–Crippen LogP) is 4.79. The van der Waals surface area contributed by atoms with Crippen molar-refractivity contribution in [2.45, 2.75) is 6.54 Å². The molecule has 0 spiro atoms. The number of nitrogens with zero attached hydrogens (tertiary/aromatic N) is 2. The van der Waals surface area contributed by atoms with Crippen molar-refractivity contribution >= 4 is 34.6 Å². The summed E-state index contributed by atoms with van der Waals surface area (Å²) in [5.74, 6) is 0.753. The lowest BCUT2D eigenvalue weighted by atomic mass is 10.2. The first-order chi connectivity index (χ1) is 13.2. The first kappa shape index (κ1) is 17.2. The number of amides is 1. The standard InChI is InChI=1S/C21H16N2O3S/c24-17-10-8-15(9-11-17)13-19-20(25)23(14-18-7-4-12-26-18)21(27-19)22-16-5-2-1-3-6-16/h1-13,24H,14H2/b19-13-,22-21-. The molecule has 1 aliphatic rings. The van der Waals surface area contributed by atoms with Crippen LogP contribution in [0.15, 0.2) is 87.3 Å². The van der Waals surface area contributed by atoms with Crippen molar-refractivity contribution in [1.82, 2.24) is 4.90 Å². The lowest BCUT2D eigenvalue weighted by Crippen LogP contribution is -2.28. The zero-order valence-corrected chi connectivity index (χ0v) is 15.1. The number of hydrogen-bond donors (Lipinski definition) is 1. The highest BCUT2D eigenvalue weighted by atomic mass is 32.2. The Hall–Kier alpha value is -3.25. The topological polar surface area (TPSA) is 66.0 Å². The van der Waals surface area contributed by atoms with Gasteiger partial charge in [0.05, 0.1) is 23.4 Å². The third-order valence-corrected chi connectivity index (χ3v) is 4.96. The number of furan rings is 1. The number of para-hydroxylation sites is 1. The van der Waals surface area contributed by atoms with Crippen molar-refractivity contribution in [3.8, 4) is 5.75 Å². The number of rotatable bonds is 4. The van der Waals surface area contributed by atoms with Crippen LogP contribution in [0.5, 0.6) is 5.75 Å². The Kier molecular flexibility index (Phi) is 4.80. The summed E-state index contributed by atoms with van der Waals surface area (Å²) in [6.07, 6.45) is 3.39. The molecule has 1 aromatic heterocycles. The molecule has 0 saturated carbocycles. The number of amidine groups is 1. The maximum Gasteiger partial charge on any atom is 0.267 e. The van der Waals surface area contributed by atoms with E-state index in [1.165, 1.54) is 11.8 Å². The summed E-state index contributed by atoms with van der Waals surface area (Å²) in [4.78, 5) is 19.8. The Bertz CT molecular complexity index is 994. The lowest BCUT2D eigenvalue weighted by Gasteiger charge is -2.13. The summed E-state index contributed by atoms with van der Waals surface area (Å²) >= 11 is 1.33. The third-order valence-electron chi connectivity index (χ3n) is 3.95. The van der Waals surface area contributed by atoms with Gasteiger partial charge in [-0.25, -0.2) is 4.99 Å². The quantitative estimate of drug-likeness (QED) is 0.665. The molecule has 4 rings (SSSR count). The fourth-order valence-corrected chi connectivity index (χ4v) is 3.62. The van der Waals surface area contributed by atoms with Crippen LogP contribution in [-0.2, 0) is 11.3 Å². The highest BCUT2D eigenvalue weighted by Crippen LogP contribution is 2.35. The first-order valence-electron chi connectivity index (χ1n) is 8.35. The number of aliphatic imine (C=N–C) groups is 1. The average Bonchev–Trinajstić information content (AvgIpc) is 3.29. The summed E-state index contributed by atoms with van der Waals surface area (Å²) < 4.78 is 5.40. The van der Waals surface area contributed by atoms with Gasteiger partial charge in [0.15, 0.2) is 5.17 Å². The molecule has 0 unspecified atom stereocenters. The zero-order valence-electron chi connectivity index (χ0n) is 14.3. The van der Waals surface area contributed by atoms with Crippen molar-refractivity contribution in [2.24, 2.45) is 4.99 Å². The van der Waals surface area contributed by atoms with Crippen LogP contribution in [-0.4, -0.2) is 21.1 Å². The molecular weight excluding hydrogens is 360 g/mol. The molecule has 1 N–H and O–H groups in total. The van der Waals surface area contributed by atoms with Crippen molar-refractivity contribution in [3.05, 3.63) is 89.2 Å². The van der Waals surface area contributed by atoms with Gasteiger partial charge in [-0.3, -0.25) is 9.69 Å². The Morgan fingerprint density at radius 1 is 1.04 bits per heavy atom. The summed E-state index contributed by atoms with van der Waals surface area (Å²) in [6, 6.07) is 19.9. The molecule has 0 aliphatic carbocycles. The molecule has 1 fully saturated rings. The molecule has 6 heteroatoms. The number of aromatic hydroxyl groups is 1. The van der Waals surface area contributed by atoms with Gasteiger partial charge in [0.25, 0.3) is 5.91 Å². The molecule has 1 saturated heterocycles. The van der Waals surface area contributed by atoms with Crippen LogP contribution < -0.4 is 0 Å². The summed E-state index contributed by atoms with van der Waals surface area (Å²) in [7, 11) is 0. The molecule has 2 heterocycles. The van der Waals surface area contributed by atoms with Crippen molar-refractivity contribution < 1.29 is 14.3 Å². The molecule has 1 amide bonds. The fourth-order valence-electron chi connectivity index (χ4n) is 2.62. The maximum absolute atomic E-state index is 13.0. The van der Waals surface area contributed by atoms with Gasteiger partial charge in [0.1, 0.15) is 11.5 Å². The third kappa shape index (κ3) is 3.96. The van der Waals surface area contributed by atoms with Crippen LogP contribution in [0.1, 0.15) is 11.3 Å². The zero-order chi connectivity index (χ0) is 18.6. The van der Waals surface area contributed by atoms with Crippen LogP contribution in [0.3, 0.4) is 0 Å². The van der Waals surface area contributed by atoms with Crippen LogP contribution in [0, 0.1) is 0 Å². The number of carbonyl (C=O) groups excluding carboxylic acids is 1. The molecule has 5 nitrogen and oxygen atoms in total. The number of carbonyl (C=O) groups is 1. The van der Waals surface area contributed by atoms with Crippen LogP contribution in [0.2, 0.25) is 0 Å². The van der Waals surface area contributed by atoms with E-state index >= 15 is 0 Å². The molecule has 0 atom stereocenters. The van der Waals surface area contributed by atoms with Gasteiger partial charge in [-0.15, -0.1) is 0 Å². The van der Waals surface area contributed by atoms with E-state index in [0.717, 1.165) is 11.3 Å². The highest BCUT2D eigenvalue weighted by Gasteiger charge is 2.34. The second-order valence-corrected chi connectivity index (χ2v) is 6.91. The minimum absolute atomic E-state index is 0.126. The van der Waals surface area contributed by atoms with Crippen molar-refractivity contribution in [1.29, 1.82) is 0 Å². The normalized spacial score (nSPS) is 17.2. The molecule has 27 heavy (non-hydrogen) atoms. The van der Waals surface area contributed by atoms with E-state index in [1.54, 1.807) is 47.6 Å². The minimum Gasteiger partial charge on any atom is -0.508 e. The van der Waals surface area contributed by atoms with Gasteiger partial charge in [-0.05, 0) is 59.8 Å². The first-order valence-corrected chi connectivity index (χ1v) is 9.17. The summed E-state index contributed by atoms with van der Waals surface area (Å²) in [5.41, 5.74) is 1.62. The molecule has 2 aromatic carbocycles. The molecule has 1 aliphatic heterocycles. The number of phenols is 1. The van der Waals surface area contributed by atoms with Crippen LogP contribution >= 0.6 is 11.8 Å². The van der Waals surface area contributed by atoms with Gasteiger partial charge in [-0.2, -0.15) is 0 Å². The van der Waals surface area contributed by atoms with E-state index in [2.05, 4.69) is 4.99 Å². The number of phenolic OH excluding ortho intramolecular Hbond substituents is 1. The van der Waals surface area contributed by atoms with E-state index in [9.17, 15) is 9.90 Å². The smallest absolute Gasteiger partial charge is 0.267 e. The van der Waals surface area contributed by atoms with Gasteiger partial charge in [-0.1, -0.05) is 30.3 Å². The largest absolute Gasteiger partial charge is 0.508 e. The summed E-state index contributed by atoms with van der Waals surface area (Å²) in [5, 5.41) is 10.0.